The van der Waals surface area contributed by atoms with Crippen molar-refractivity contribution in [1.29, 1.82) is 0 Å². The predicted octanol–water partition coefficient (Wildman–Crippen LogP) is 1.50. The van der Waals surface area contributed by atoms with Gasteiger partial charge in [0.25, 0.3) is 6.01 Å². The van der Waals surface area contributed by atoms with Crippen molar-refractivity contribution in [3.05, 3.63) is 59.3 Å². The zero-order valence-electron chi connectivity index (χ0n) is 18.9. The third-order valence-corrected chi connectivity index (χ3v) is 5.23. The maximum absolute atomic E-state index is 10.4. The number of methoxy groups -OCH3 is 1. The number of aromatic nitrogens is 5. The predicted molar refractivity (Wildman–Crippen MR) is 128 cm³/mol. The quantitative estimate of drug-likeness (QED) is 0.240. The molecule has 0 aliphatic carbocycles. The Kier molecular flexibility index (Phi) is 7.35. The SMILES string of the molecule is COCCOc1nc(N)c2nc(O)n(Cc3ccc(CNCCc4ccnc(N)c4)cc3)c2n1. The second kappa shape index (κ2) is 10.8. The average molecular weight is 465 g/mol. The average Bonchev–Trinajstić information content (AvgIpc) is 3.14. The number of aromatic hydroxyl groups is 1. The minimum atomic E-state index is -0.187. The van der Waals surface area contributed by atoms with Gasteiger partial charge in [-0.3, -0.25) is 4.57 Å². The molecule has 0 bridgehead atoms. The van der Waals surface area contributed by atoms with Crippen molar-refractivity contribution in [1.82, 2.24) is 29.8 Å². The van der Waals surface area contributed by atoms with Gasteiger partial charge >= 0.3 is 6.01 Å². The maximum Gasteiger partial charge on any atom is 0.320 e. The number of pyridine rings is 1. The highest BCUT2D eigenvalue weighted by Gasteiger charge is 2.17. The molecule has 34 heavy (non-hydrogen) atoms. The van der Waals surface area contributed by atoms with Crippen molar-refractivity contribution >= 4 is 22.8 Å². The number of nitrogens with two attached hydrogens (primary N) is 2. The summed E-state index contributed by atoms with van der Waals surface area (Å²) in [5.74, 6) is 0.677. The summed E-state index contributed by atoms with van der Waals surface area (Å²) in [5, 5.41) is 13.8. The zero-order chi connectivity index (χ0) is 23.9. The minimum Gasteiger partial charge on any atom is -0.480 e. The van der Waals surface area contributed by atoms with Gasteiger partial charge in [-0.25, -0.2) is 4.98 Å². The van der Waals surface area contributed by atoms with Crippen LogP contribution >= 0.6 is 0 Å². The number of rotatable bonds is 11. The van der Waals surface area contributed by atoms with Crippen molar-refractivity contribution in [3.63, 3.8) is 0 Å². The van der Waals surface area contributed by atoms with E-state index in [1.807, 2.05) is 36.4 Å². The number of benzene rings is 1. The lowest BCUT2D eigenvalue weighted by Gasteiger charge is -2.09. The van der Waals surface area contributed by atoms with Gasteiger partial charge in [0.1, 0.15) is 12.4 Å². The lowest BCUT2D eigenvalue weighted by atomic mass is 10.1. The normalized spacial score (nSPS) is 11.2. The highest BCUT2D eigenvalue weighted by atomic mass is 16.5. The Balaban J connectivity index is 1.38. The number of hydrogen-bond acceptors (Lipinski definition) is 10. The summed E-state index contributed by atoms with van der Waals surface area (Å²) in [6.45, 7) is 2.62. The molecule has 3 aromatic heterocycles. The number of nitrogens with zero attached hydrogens (tertiary/aromatic N) is 5. The van der Waals surface area contributed by atoms with Crippen LogP contribution in [-0.4, -0.2) is 56.5 Å². The largest absolute Gasteiger partial charge is 0.480 e. The van der Waals surface area contributed by atoms with Gasteiger partial charge in [-0.15, -0.1) is 0 Å². The van der Waals surface area contributed by atoms with Gasteiger partial charge in [0.2, 0.25) is 0 Å². The van der Waals surface area contributed by atoms with Gasteiger partial charge in [-0.1, -0.05) is 24.3 Å². The van der Waals surface area contributed by atoms with Gasteiger partial charge in [-0.2, -0.15) is 15.0 Å². The first kappa shape index (κ1) is 23.2. The molecule has 0 aliphatic rings. The lowest BCUT2D eigenvalue weighted by Crippen LogP contribution is -2.16. The molecule has 0 amide bonds. The molecule has 11 nitrogen and oxygen atoms in total. The Morgan fingerprint density at radius 2 is 1.79 bits per heavy atom. The number of nitrogen functional groups attached to an aromatic ring is 2. The Morgan fingerprint density at radius 1 is 1.00 bits per heavy atom. The van der Waals surface area contributed by atoms with Crippen LogP contribution in [0.1, 0.15) is 16.7 Å². The molecule has 4 rings (SSSR count). The fourth-order valence-corrected chi connectivity index (χ4v) is 3.48. The Hall–Kier alpha value is -3.96. The van der Waals surface area contributed by atoms with E-state index < -0.39 is 0 Å². The monoisotopic (exact) mass is 464 g/mol. The van der Waals surface area contributed by atoms with Gasteiger partial charge in [0.05, 0.1) is 13.2 Å². The Bertz CT molecular complexity index is 1240. The van der Waals surface area contributed by atoms with E-state index in [4.69, 9.17) is 20.9 Å². The third kappa shape index (κ3) is 5.69. The first-order valence-corrected chi connectivity index (χ1v) is 10.9. The first-order chi connectivity index (χ1) is 16.5. The van der Waals surface area contributed by atoms with Crippen molar-refractivity contribution in [3.8, 4) is 12.0 Å². The van der Waals surface area contributed by atoms with Gasteiger partial charge in [0, 0.05) is 19.9 Å². The third-order valence-electron chi connectivity index (χ3n) is 5.23. The van der Waals surface area contributed by atoms with E-state index in [-0.39, 0.29) is 24.4 Å². The molecule has 6 N–H and O–H groups in total. The van der Waals surface area contributed by atoms with E-state index in [1.165, 1.54) is 0 Å². The zero-order valence-corrected chi connectivity index (χ0v) is 18.9. The lowest BCUT2D eigenvalue weighted by molar-refractivity contribution is 0.141. The minimum absolute atomic E-state index is 0.110. The van der Waals surface area contributed by atoms with Crippen molar-refractivity contribution in [2.24, 2.45) is 0 Å². The number of hydrogen-bond donors (Lipinski definition) is 4. The van der Waals surface area contributed by atoms with Crippen LogP contribution in [0.3, 0.4) is 0 Å². The van der Waals surface area contributed by atoms with Crippen molar-refractivity contribution in [2.75, 3.05) is 38.3 Å². The van der Waals surface area contributed by atoms with Crippen LogP contribution in [0.2, 0.25) is 0 Å². The number of ether oxygens (including phenoxy) is 2. The molecule has 3 heterocycles. The molecule has 11 heteroatoms. The second-order valence-electron chi connectivity index (χ2n) is 7.74. The number of nitrogens with one attached hydrogen (secondary N) is 1. The van der Waals surface area contributed by atoms with E-state index in [9.17, 15) is 5.11 Å². The molecule has 0 saturated heterocycles. The number of imidazole rings is 1. The molecular weight excluding hydrogens is 436 g/mol. The summed E-state index contributed by atoms with van der Waals surface area (Å²) >= 11 is 0. The Morgan fingerprint density at radius 3 is 2.56 bits per heavy atom. The highest BCUT2D eigenvalue weighted by molar-refractivity contribution is 5.83. The van der Waals surface area contributed by atoms with Crippen LogP contribution in [-0.2, 0) is 24.2 Å². The maximum atomic E-state index is 10.4. The fourth-order valence-electron chi connectivity index (χ4n) is 3.48. The molecule has 1 aromatic carbocycles. The second-order valence-corrected chi connectivity index (χ2v) is 7.74. The van der Waals surface area contributed by atoms with E-state index in [0.717, 1.165) is 36.2 Å². The highest BCUT2D eigenvalue weighted by Crippen LogP contribution is 2.25. The smallest absolute Gasteiger partial charge is 0.320 e. The molecule has 0 aliphatic heterocycles. The van der Waals surface area contributed by atoms with Crippen LogP contribution in [0.4, 0.5) is 11.6 Å². The summed E-state index contributed by atoms with van der Waals surface area (Å²) in [7, 11) is 1.58. The number of fused-ring (bicyclic) bond motifs is 1. The molecule has 0 radical (unpaired) electrons. The van der Waals surface area contributed by atoms with E-state index in [0.29, 0.717) is 30.1 Å². The molecule has 0 atom stereocenters. The van der Waals surface area contributed by atoms with Crippen LogP contribution in [0, 0.1) is 0 Å². The molecule has 4 aromatic rings. The fraction of sp³-hybridized carbons (Fsp3) is 0.304. The molecule has 0 spiro atoms. The Labute approximate surface area is 196 Å². The van der Waals surface area contributed by atoms with Crippen molar-refractivity contribution < 1.29 is 14.6 Å². The van der Waals surface area contributed by atoms with Gasteiger partial charge < -0.3 is 31.4 Å². The van der Waals surface area contributed by atoms with Crippen LogP contribution in [0.25, 0.3) is 11.2 Å². The summed E-state index contributed by atoms with van der Waals surface area (Å²) in [6.07, 6.45) is 2.60. The van der Waals surface area contributed by atoms with Crippen LogP contribution in [0.15, 0.2) is 42.6 Å². The molecule has 0 saturated carbocycles. The van der Waals surface area contributed by atoms with Crippen LogP contribution in [0.5, 0.6) is 12.0 Å². The summed E-state index contributed by atoms with van der Waals surface area (Å²) in [5.41, 5.74) is 15.7. The summed E-state index contributed by atoms with van der Waals surface area (Å²) < 4.78 is 12.0. The van der Waals surface area contributed by atoms with Gasteiger partial charge in [0.15, 0.2) is 17.0 Å². The van der Waals surface area contributed by atoms with Crippen molar-refractivity contribution in [2.45, 2.75) is 19.5 Å². The molecule has 0 unspecified atom stereocenters. The van der Waals surface area contributed by atoms with E-state index in [1.54, 1.807) is 17.9 Å². The molecule has 0 fully saturated rings. The summed E-state index contributed by atoms with van der Waals surface area (Å²) in [4.78, 5) is 16.6. The van der Waals surface area contributed by atoms with Crippen LogP contribution < -0.4 is 21.5 Å². The van der Waals surface area contributed by atoms with Gasteiger partial charge in [-0.05, 0) is 41.8 Å². The molecular formula is C23H28N8O3. The molecule has 178 valence electrons. The standard InChI is InChI=1S/C23H28N8O3/c1-33-10-11-34-22-29-20(25)19-21(30-22)31(23(32)28-19)14-17-4-2-16(3-5-17)13-26-8-6-15-7-9-27-18(24)12-15/h2-5,7,9,12,26H,6,8,10-11,13-14H2,1H3,(H2,24,27)(H,28,32)(H2,25,29,30). The van der Waals surface area contributed by atoms with E-state index >= 15 is 0 Å². The summed E-state index contributed by atoms with van der Waals surface area (Å²) in [6, 6.07) is 11.9. The van der Waals surface area contributed by atoms with E-state index in [2.05, 4.69) is 25.3 Å². The topological polar surface area (TPSA) is 159 Å². The first-order valence-electron chi connectivity index (χ1n) is 10.9. The number of anilines is 2.